The summed E-state index contributed by atoms with van der Waals surface area (Å²) in [6.45, 7) is 5.31. The largest absolute Gasteiger partial charge is 0.481 e. The van der Waals surface area contributed by atoms with E-state index < -0.39 is 120 Å². The summed E-state index contributed by atoms with van der Waals surface area (Å²) in [5.74, 6) is -9.62. The summed E-state index contributed by atoms with van der Waals surface area (Å²) in [4.78, 5) is 131. The topological polar surface area (TPSA) is 353 Å². The van der Waals surface area contributed by atoms with Crippen LogP contribution in [0, 0.1) is 34.5 Å². The van der Waals surface area contributed by atoms with Crippen molar-refractivity contribution < 1.29 is 68.0 Å². The number of carbonyl (C=O) groups is 10. The quantitative estimate of drug-likeness (QED) is 0.0294. The Morgan fingerprint density at radius 1 is 0.905 bits per heavy atom. The van der Waals surface area contributed by atoms with E-state index in [0.717, 1.165) is 5.57 Å². The van der Waals surface area contributed by atoms with Gasteiger partial charge in [0.1, 0.15) is 29.5 Å². The summed E-state index contributed by atoms with van der Waals surface area (Å²) in [7, 11) is 0. The maximum absolute atomic E-state index is 13.9. The molecule has 348 valence electrons. The van der Waals surface area contributed by atoms with Crippen LogP contribution in [0.15, 0.2) is 16.6 Å². The molecule has 0 radical (unpaired) electrons. The summed E-state index contributed by atoms with van der Waals surface area (Å²) in [6, 6.07) is -4.37. The molecule has 4 rings (SSSR count). The van der Waals surface area contributed by atoms with Gasteiger partial charge in [0.15, 0.2) is 18.3 Å². The predicted molar refractivity (Wildman–Crippen MR) is 221 cm³/mol. The molecule has 21 nitrogen and oxygen atoms in total. The Labute approximate surface area is 364 Å². The fourth-order valence-corrected chi connectivity index (χ4v) is 10.1. The fourth-order valence-electron chi connectivity index (χ4n) is 10.1. The first-order valence-electron chi connectivity index (χ1n) is 21.3. The highest BCUT2D eigenvalue weighted by Crippen LogP contribution is 2.66. The van der Waals surface area contributed by atoms with Crippen molar-refractivity contribution in [2.75, 3.05) is 19.7 Å². The predicted octanol–water partition coefficient (Wildman–Crippen LogP) is -0.840. The van der Waals surface area contributed by atoms with E-state index in [4.69, 9.17) is 16.2 Å². The van der Waals surface area contributed by atoms with Gasteiger partial charge in [-0.2, -0.15) is 0 Å². The van der Waals surface area contributed by atoms with E-state index >= 15 is 0 Å². The zero-order chi connectivity index (χ0) is 47.0. The summed E-state index contributed by atoms with van der Waals surface area (Å²) >= 11 is 0. The van der Waals surface area contributed by atoms with Crippen molar-refractivity contribution in [1.29, 1.82) is 0 Å². The van der Waals surface area contributed by atoms with Gasteiger partial charge < -0.3 is 52.8 Å². The second kappa shape index (κ2) is 20.6. The van der Waals surface area contributed by atoms with Crippen LogP contribution >= 0.6 is 0 Å². The number of ketones is 3. The molecule has 63 heavy (non-hydrogen) atoms. The molecule has 4 aliphatic carbocycles. The van der Waals surface area contributed by atoms with E-state index in [0.29, 0.717) is 32.1 Å². The molecule has 4 amide bonds. The smallest absolute Gasteiger partial charge is 0.326 e. The van der Waals surface area contributed by atoms with E-state index in [2.05, 4.69) is 26.3 Å². The second-order valence-electron chi connectivity index (χ2n) is 18.0. The Morgan fingerprint density at radius 3 is 2.22 bits per heavy atom. The molecule has 11 N–H and O–H groups in total. The molecule has 9 atom stereocenters. The number of esters is 1. The molecule has 0 aromatic carbocycles. The van der Waals surface area contributed by atoms with Crippen molar-refractivity contribution in [2.45, 2.75) is 128 Å². The Kier molecular flexibility index (Phi) is 16.4. The maximum Gasteiger partial charge on any atom is 0.326 e. The number of ether oxygens (including phenoxy) is 1. The molecule has 21 heteroatoms. The van der Waals surface area contributed by atoms with Crippen LogP contribution in [0.2, 0.25) is 0 Å². The molecule has 0 heterocycles. The average Bonchev–Trinajstić information content (AvgIpc) is 3.47. The number of nitrogens with two attached hydrogens (primary N) is 2. The van der Waals surface area contributed by atoms with Crippen LogP contribution in [0.1, 0.15) is 105 Å². The number of carboxylic acids is 2. The number of aliphatic carboxylic acids is 2. The average molecular weight is 888 g/mol. The van der Waals surface area contributed by atoms with Gasteiger partial charge in [0.25, 0.3) is 0 Å². The van der Waals surface area contributed by atoms with Gasteiger partial charge in [-0.15, -0.1) is 0 Å². The minimum Gasteiger partial charge on any atom is -0.481 e. The number of carbonyl (C=O) groups excluding carboxylic acids is 8. The number of aliphatic hydroxyl groups is 1. The number of aliphatic imine (C=N–C) groups is 1. The molecule has 0 bridgehead atoms. The van der Waals surface area contributed by atoms with Crippen LogP contribution in [0.3, 0.4) is 0 Å². The summed E-state index contributed by atoms with van der Waals surface area (Å²) in [5.41, 5.74) is 8.24. The van der Waals surface area contributed by atoms with Crippen LogP contribution in [-0.4, -0.2) is 124 Å². The molecule has 0 aromatic heterocycles. The first-order chi connectivity index (χ1) is 29.4. The van der Waals surface area contributed by atoms with E-state index in [1.54, 1.807) is 13.0 Å². The van der Waals surface area contributed by atoms with Crippen LogP contribution in [-0.2, 0) is 52.7 Å². The van der Waals surface area contributed by atoms with Gasteiger partial charge in [-0.1, -0.05) is 33.3 Å². The molecule has 3 fully saturated rings. The van der Waals surface area contributed by atoms with Crippen LogP contribution in [0.25, 0.3) is 0 Å². The summed E-state index contributed by atoms with van der Waals surface area (Å²) in [5, 5.41) is 39.7. The fraction of sp³-hybridized carbons (Fsp3) is 0.690. The highest BCUT2D eigenvalue weighted by Gasteiger charge is 2.68. The number of nitrogens with zero attached hydrogens (tertiary/aromatic N) is 1. The van der Waals surface area contributed by atoms with Gasteiger partial charge in [-0.3, -0.25) is 48.1 Å². The highest BCUT2D eigenvalue weighted by atomic mass is 16.5. The molecular formula is C42H61N7O14. The number of fused-ring (bicyclic) bond motifs is 5. The van der Waals surface area contributed by atoms with Gasteiger partial charge in [0.05, 0.1) is 19.4 Å². The first kappa shape index (κ1) is 49.9. The lowest BCUT2D eigenvalue weighted by atomic mass is 9.46. The standard InChI is InChI=1S/C42H61N7O14/c1-21(2)35(38(60)61)49-37(59)27(17-32(55)56)48-31(54)19-46-36(58)26(6-5-15-45-39(43)44)47-30(53)9-10-33(57)63-20-29(52)42(62)14-12-25-24-8-7-22-16-23(50)11-13-40(22,3)34(24)28(51)18-41(25,42)4/h16,21,24-27,34-35,62H,5-15,17-20H2,1-4H3,(H,46,58)(H,47,53)(H,48,54)(H,49,59)(H,55,56)(H,60,61)(H4,43,44,45)/t24-,25-,26-,27-,34+,35-,40-,41-,42-/m0/s1. The van der Waals surface area contributed by atoms with Crippen molar-refractivity contribution in [1.82, 2.24) is 21.3 Å². The summed E-state index contributed by atoms with van der Waals surface area (Å²) in [6.07, 6.45) is 2.71. The monoisotopic (exact) mass is 887 g/mol. The SMILES string of the molecule is CC(C)[C@H](NC(=O)[C@H](CC(=O)O)NC(=O)CNC(=O)[C@H](CCCN=C(N)N)NC(=O)CCC(=O)OCC(=O)[C@@]1(O)CC[C@H]2[C@@H]3CCC4=CC(=O)CC[C@]4(C)[C@H]3C(=O)C[C@@]21C)C(=O)O. The molecule has 3 saturated carbocycles. The number of guanidine groups is 1. The molecule has 0 aliphatic heterocycles. The normalized spacial score (nSPS) is 27.5. The molecule has 4 aliphatic rings. The van der Waals surface area contributed by atoms with Gasteiger partial charge in [0.2, 0.25) is 29.4 Å². The lowest BCUT2D eigenvalue weighted by Crippen LogP contribution is -2.61. The highest BCUT2D eigenvalue weighted by molar-refractivity contribution is 5.97. The number of hydrogen-bond donors (Lipinski definition) is 9. The Morgan fingerprint density at radius 2 is 1.59 bits per heavy atom. The van der Waals surface area contributed by atoms with Crippen molar-refractivity contribution in [3.63, 3.8) is 0 Å². The zero-order valence-electron chi connectivity index (χ0n) is 36.2. The molecule has 0 saturated heterocycles. The van der Waals surface area contributed by atoms with Crippen LogP contribution in [0.5, 0.6) is 0 Å². The first-order valence-corrected chi connectivity index (χ1v) is 21.3. The van der Waals surface area contributed by atoms with Gasteiger partial charge in [-0.05, 0) is 74.2 Å². The summed E-state index contributed by atoms with van der Waals surface area (Å²) < 4.78 is 5.21. The maximum atomic E-state index is 13.9. The minimum absolute atomic E-state index is 0.0345. The molecule has 0 spiro atoms. The van der Waals surface area contributed by atoms with Crippen molar-refractivity contribution in [2.24, 2.45) is 51.0 Å². The number of Topliss-reactive ketones (excluding diaryl/α,β-unsaturated/α-hetero) is 2. The molecule has 0 aromatic rings. The van der Waals surface area contributed by atoms with E-state index in [1.807, 2.05) is 6.92 Å². The van der Waals surface area contributed by atoms with Crippen molar-refractivity contribution >= 4 is 64.8 Å². The number of nitrogens with one attached hydrogen (secondary N) is 4. The number of hydrogen-bond acceptors (Lipinski definition) is 13. The number of amides is 4. The Hall–Kier alpha value is -5.73. The van der Waals surface area contributed by atoms with E-state index in [9.17, 15) is 63.3 Å². The van der Waals surface area contributed by atoms with Crippen molar-refractivity contribution in [3.8, 4) is 0 Å². The lowest BCUT2D eigenvalue weighted by Gasteiger charge is -2.57. The van der Waals surface area contributed by atoms with Gasteiger partial charge >= 0.3 is 17.9 Å². The third-order valence-corrected chi connectivity index (χ3v) is 13.5. The zero-order valence-corrected chi connectivity index (χ0v) is 36.2. The number of carboxylic acid groups (broad SMARTS) is 2. The number of rotatable bonds is 21. The van der Waals surface area contributed by atoms with E-state index in [1.165, 1.54) is 13.8 Å². The Bertz CT molecular complexity index is 1930. The van der Waals surface area contributed by atoms with Gasteiger partial charge in [-0.25, -0.2) is 4.79 Å². The van der Waals surface area contributed by atoms with Crippen LogP contribution < -0.4 is 32.7 Å². The van der Waals surface area contributed by atoms with E-state index in [-0.39, 0.29) is 67.5 Å². The third-order valence-electron chi connectivity index (χ3n) is 13.5. The third kappa shape index (κ3) is 11.7. The van der Waals surface area contributed by atoms with Crippen molar-refractivity contribution in [3.05, 3.63) is 11.6 Å². The number of allylic oxidation sites excluding steroid dienone is 1. The lowest BCUT2D eigenvalue weighted by molar-refractivity contribution is -0.174. The minimum atomic E-state index is -1.94. The molecule has 0 unspecified atom stereocenters. The van der Waals surface area contributed by atoms with Gasteiger partial charge in [0, 0.05) is 37.1 Å². The Balaban J connectivity index is 1.31. The second-order valence-corrected chi connectivity index (χ2v) is 18.0. The molecular weight excluding hydrogens is 826 g/mol. The van der Waals surface area contributed by atoms with Crippen LogP contribution in [0.4, 0.5) is 0 Å².